The number of pyridine rings is 1. The van der Waals surface area contributed by atoms with E-state index >= 15 is 0 Å². The number of carbonyl (C=O) groups excluding carboxylic acids is 1. The zero-order chi connectivity index (χ0) is 20.7. The zero-order valence-electron chi connectivity index (χ0n) is 17.2. The van der Waals surface area contributed by atoms with Gasteiger partial charge in [0.15, 0.2) is 11.5 Å². The van der Waals surface area contributed by atoms with Gasteiger partial charge in [0.2, 0.25) is 0 Å². The smallest absolute Gasteiger partial charge is 0.251 e. The maximum Gasteiger partial charge on any atom is 0.251 e. The van der Waals surface area contributed by atoms with Crippen LogP contribution in [0.25, 0.3) is 28.2 Å². The van der Waals surface area contributed by atoms with Gasteiger partial charge in [0.05, 0.1) is 0 Å². The van der Waals surface area contributed by atoms with Gasteiger partial charge in [-0.1, -0.05) is 37.3 Å². The van der Waals surface area contributed by atoms with E-state index in [2.05, 4.69) is 53.6 Å². The summed E-state index contributed by atoms with van der Waals surface area (Å²) in [5.74, 6) is 0.851. The highest BCUT2D eigenvalue weighted by atomic mass is 16.1. The fourth-order valence-corrected chi connectivity index (χ4v) is 3.86. The maximum absolute atomic E-state index is 12.5. The Morgan fingerprint density at radius 1 is 1.07 bits per heavy atom. The van der Waals surface area contributed by atoms with Crippen LogP contribution in [0.2, 0.25) is 0 Å². The van der Waals surface area contributed by atoms with Gasteiger partial charge in [0, 0.05) is 23.4 Å². The van der Waals surface area contributed by atoms with Crippen LogP contribution < -0.4 is 5.32 Å². The summed E-state index contributed by atoms with van der Waals surface area (Å²) in [4.78, 5) is 12.5. The summed E-state index contributed by atoms with van der Waals surface area (Å²) in [5.41, 5.74) is 7.04. The number of nitrogens with zero attached hydrogens (tertiary/aromatic N) is 3. The molecular weight excluding hydrogens is 372 g/mol. The number of nitrogens with one attached hydrogen (secondary N) is 1. The second-order valence-electron chi connectivity index (χ2n) is 7.96. The van der Waals surface area contributed by atoms with Crippen LogP contribution in [0.5, 0.6) is 0 Å². The van der Waals surface area contributed by atoms with E-state index in [-0.39, 0.29) is 5.91 Å². The number of amides is 1. The van der Waals surface area contributed by atoms with Gasteiger partial charge in [-0.2, -0.15) is 0 Å². The fourth-order valence-electron chi connectivity index (χ4n) is 3.86. The van der Waals surface area contributed by atoms with Gasteiger partial charge in [-0.25, -0.2) is 0 Å². The van der Waals surface area contributed by atoms with Crippen molar-refractivity contribution >= 4 is 11.6 Å². The molecule has 5 heteroatoms. The number of hydrogen-bond acceptors (Lipinski definition) is 3. The molecule has 0 radical (unpaired) electrons. The summed E-state index contributed by atoms with van der Waals surface area (Å²) in [6.45, 7) is 4.21. The highest BCUT2D eigenvalue weighted by Gasteiger charge is 2.24. The summed E-state index contributed by atoms with van der Waals surface area (Å²) in [5, 5.41) is 12.0. The van der Waals surface area contributed by atoms with E-state index in [0.29, 0.717) is 11.6 Å². The quantitative estimate of drug-likeness (QED) is 0.526. The molecule has 5 nitrogen and oxygen atoms in total. The molecule has 2 aromatic carbocycles. The zero-order valence-corrected chi connectivity index (χ0v) is 17.2. The van der Waals surface area contributed by atoms with Crippen LogP contribution in [0.4, 0.5) is 0 Å². The van der Waals surface area contributed by atoms with Crippen LogP contribution >= 0.6 is 0 Å². The van der Waals surface area contributed by atoms with Crippen LogP contribution in [0.15, 0.2) is 60.8 Å². The van der Waals surface area contributed by atoms with E-state index in [4.69, 9.17) is 0 Å². The van der Waals surface area contributed by atoms with Crippen LogP contribution in [-0.4, -0.2) is 26.5 Å². The number of rotatable bonds is 5. The normalized spacial score (nSPS) is 13.5. The molecule has 30 heavy (non-hydrogen) atoms. The van der Waals surface area contributed by atoms with Gasteiger partial charge >= 0.3 is 0 Å². The first-order valence-corrected chi connectivity index (χ1v) is 10.5. The second kappa shape index (κ2) is 7.41. The monoisotopic (exact) mass is 396 g/mol. The van der Waals surface area contributed by atoms with Crippen molar-refractivity contribution in [3.8, 4) is 22.5 Å². The third-order valence-corrected chi connectivity index (χ3v) is 5.77. The molecule has 0 unspecified atom stereocenters. The van der Waals surface area contributed by atoms with Crippen molar-refractivity contribution in [1.29, 1.82) is 0 Å². The minimum Gasteiger partial charge on any atom is -0.349 e. The number of fused-ring (bicyclic) bond motifs is 1. The molecule has 150 valence electrons. The molecule has 2 aromatic heterocycles. The van der Waals surface area contributed by atoms with Crippen molar-refractivity contribution in [2.45, 2.75) is 39.2 Å². The van der Waals surface area contributed by atoms with Crippen LogP contribution in [0.3, 0.4) is 0 Å². The Balaban J connectivity index is 1.54. The van der Waals surface area contributed by atoms with E-state index in [0.717, 1.165) is 53.0 Å². The Morgan fingerprint density at radius 3 is 2.70 bits per heavy atom. The topological polar surface area (TPSA) is 59.3 Å². The highest BCUT2D eigenvalue weighted by molar-refractivity contribution is 5.96. The average Bonchev–Trinajstić information content (AvgIpc) is 3.49. The van der Waals surface area contributed by atoms with Crippen LogP contribution in [0, 0.1) is 6.92 Å². The number of benzene rings is 2. The molecule has 0 spiro atoms. The molecule has 1 amide bonds. The molecule has 1 fully saturated rings. The minimum absolute atomic E-state index is 0.000708. The van der Waals surface area contributed by atoms with Gasteiger partial charge in [0.25, 0.3) is 5.91 Å². The lowest BCUT2D eigenvalue weighted by atomic mass is 9.98. The predicted octanol–water partition coefficient (Wildman–Crippen LogP) is 4.83. The molecular formula is C25H24N4O. The lowest BCUT2D eigenvalue weighted by Crippen LogP contribution is -2.25. The first-order valence-electron chi connectivity index (χ1n) is 10.5. The summed E-state index contributed by atoms with van der Waals surface area (Å²) < 4.78 is 2.02. The average molecular weight is 396 g/mol. The minimum atomic E-state index is 0.000708. The molecule has 1 saturated carbocycles. The summed E-state index contributed by atoms with van der Waals surface area (Å²) in [6, 6.07) is 18.6. The number of hydrogen-bond donors (Lipinski definition) is 1. The Labute approximate surface area is 175 Å². The van der Waals surface area contributed by atoms with Crippen molar-refractivity contribution in [2.24, 2.45) is 0 Å². The summed E-state index contributed by atoms with van der Waals surface area (Å²) in [7, 11) is 0. The third kappa shape index (κ3) is 3.36. The van der Waals surface area contributed by atoms with Crippen molar-refractivity contribution in [1.82, 2.24) is 19.9 Å². The van der Waals surface area contributed by atoms with E-state index in [1.807, 2.05) is 40.9 Å². The lowest BCUT2D eigenvalue weighted by molar-refractivity contribution is 0.0951. The molecule has 1 N–H and O–H groups in total. The SMILES string of the molecule is CCc1ccccc1-c1nnc2cc(-c3cc(C(=O)NC4CC4)ccc3C)ccn12. The second-order valence-corrected chi connectivity index (χ2v) is 7.96. The molecule has 4 aromatic rings. The first-order chi connectivity index (χ1) is 14.6. The van der Waals surface area contributed by atoms with Crippen molar-refractivity contribution in [3.05, 3.63) is 77.5 Å². The van der Waals surface area contributed by atoms with Gasteiger partial charge in [-0.15, -0.1) is 10.2 Å². The first kappa shape index (κ1) is 18.6. The van der Waals surface area contributed by atoms with Crippen molar-refractivity contribution in [3.63, 3.8) is 0 Å². The molecule has 5 rings (SSSR count). The molecule has 1 aliphatic rings. The molecule has 0 aliphatic heterocycles. The third-order valence-electron chi connectivity index (χ3n) is 5.77. The maximum atomic E-state index is 12.5. The van der Waals surface area contributed by atoms with E-state index < -0.39 is 0 Å². The molecule has 0 bridgehead atoms. The molecule has 2 heterocycles. The molecule has 0 saturated heterocycles. The van der Waals surface area contributed by atoms with Gasteiger partial charge < -0.3 is 5.32 Å². The number of aryl methyl sites for hydroxylation is 2. The highest BCUT2D eigenvalue weighted by Crippen LogP contribution is 2.29. The largest absolute Gasteiger partial charge is 0.349 e. The molecule has 1 aliphatic carbocycles. The van der Waals surface area contributed by atoms with Crippen LogP contribution in [-0.2, 0) is 6.42 Å². The standard InChI is InChI=1S/C25H24N4O/c1-3-17-6-4-5-7-21(17)24-28-27-23-15-18(12-13-29(23)24)22-14-19(9-8-16(22)2)25(30)26-20-10-11-20/h4-9,12-15,20H,3,10-11H2,1-2H3,(H,26,30). The number of carbonyl (C=O) groups is 1. The van der Waals surface area contributed by atoms with E-state index in [1.165, 1.54) is 5.56 Å². The lowest BCUT2D eigenvalue weighted by Gasteiger charge is -2.11. The Kier molecular flexibility index (Phi) is 4.58. The summed E-state index contributed by atoms with van der Waals surface area (Å²) >= 11 is 0. The predicted molar refractivity (Wildman–Crippen MR) is 118 cm³/mol. The Hall–Kier alpha value is -3.47. The van der Waals surface area contributed by atoms with Crippen LogP contribution in [0.1, 0.15) is 41.3 Å². The van der Waals surface area contributed by atoms with E-state index in [9.17, 15) is 4.79 Å². The number of aromatic nitrogens is 3. The fraction of sp³-hybridized carbons (Fsp3) is 0.240. The van der Waals surface area contributed by atoms with Crippen molar-refractivity contribution in [2.75, 3.05) is 0 Å². The van der Waals surface area contributed by atoms with Gasteiger partial charge in [-0.05, 0) is 72.7 Å². The van der Waals surface area contributed by atoms with Gasteiger partial charge in [-0.3, -0.25) is 9.20 Å². The van der Waals surface area contributed by atoms with Crippen molar-refractivity contribution < 1.29 is 4.79 Å². The summed E-state index contributed by atoms with van der Waals surface area (Å²) in [6.07, 6.45) is 5.12. The molecule has 0 atom stereocenters. The Morgan fingerprint density at radius 2 is 1.90 bits per heavy atom. The van der Waals surface area contributed by atoms with E-state index in [1.54, 1.807) is 0 Å². The van der Waals surface area contributed by atoms with Gasteiger partial charge in [0.1, 0.15) is 0 Å². The Bertz CT molecular complexity index is 1250.